The minimum absolute atomic E-state index is 0.0856. The fraction of sp³-hybridized carbons (Fsp3) is 0.571. The summed E-state index contributed by atoms with van der Waals surface area (Å²) in [6, 6.07) is 3.77. The first-order valence-corrected chi connectivity index (χ1v) is 5.89. The molecule has 0 aliphatic rings. The molecule has 0 fully saturated rings. The van der Waals surface area contributed by atoms with Gasteiger partial charge in [0.25, 0.3) is 0 Å². The number of nitrogens with one attached hydrogen (secondary N) is 1. The lowest BCUT2D eigenvalue weighted by atomic mass is 9.92. The first-order chi connectivity index (χ1) is 7.45. The zero-order valence-electron chi connectivity index (χ0n) is 10.9. The van der Waals surface area contributed by atoms with Crippen molar-refractivity contribution in [3.05, 3.63) is 34.6 Å². The van der Waals surface area contributed by atoms with Crippen LogP contribution in [0.3, 0.4) is 0 Å². The summed E-state index contributed by atoms with van der Waals surface area (Å²) in [5.74, 6) is 0.468. The highest BCUT2D eigenvalue weighted by molar-refractivity contribution is 5.34. The van der Waals surface area contributed by atoms with E-state index in [9.17, 15) is 4.39 Å². The Morgan fingerprint density at radius 1 is 1.25 bits per heavy atom. The number of halogens is 1. The maximum Gasteiger partial charge on any atom is 0.128 e. The Bertz CT molecular complexity index is 335. The summed E-state index contributed by atoms with van der Waals surface area (Å²) in [5, 5.41) is 3.21. The average Bonchev–Trinajstić information content (AvgIpc) is 2.13. The van der Waals surface area contributed by atoms with E-state index in [0.717, 1.165) is 23.1 Å². The van der Waals surface area contributed by atoms with E-state index in [-0.39, 0.29) is 11.9 Å². The standard InChI is InChI=1S/C14H22FN/c1-9(2)6-13(16-5)14-11(4)7-10(3)8-12(14)15/h7-9,13,16H,6H2,1-5H3. The molecule has 0 radical (unpaired) electrons. The third kappa shape index (κ3) is 3.05. The van der Waals surface area contributed by atoms with Gasteiger partial charge in [0.1, 0.15) is 5.82 Å². The highest BCUT2D eigenvalue weighted by Crippen LogP contribution is 2.27. The molecule has 0 aliphatic heterocycles. The Kier molecular flexibility index (Phi) is 4.48. The van der Waals surface area contributed by atoms with Gasteiger partial charge in [-0.25, -0.2) is 4.39 Å². The smallest absolute Gasteiger partial charge is 0.128 e. The van der Waals surface area contributed by atoms with Crippen LogP contribution in [0.1, 0.15) is 43.0 Å². The zero-order chi connectivity index (χ0) is 12.3. The largest absolute Gasteiger partial charge is 0.313 e. The summed E-state index contributed by atoms with van der Waals surface area (Å²) in [4.78, 5) is 0. The van der Waals surface area contributed by atoms with Gasteiger partial charge in [0, 0.05) is 11.6 Å². The molecule has 1 rings (SSSR count). The van der Waals surface area contributed by atoms with Crippen molar-refractivity contribution < 1.29 is 4.39 Å². The van der Waals surface area contributed by atoms with Crippen LogP contribution in [0, 0.1) is 25.6 Å². The van der Waals surface area contributed by atoms with Crippen molar-refractivity contribution in [2.45, 2.75) is 40.2 Å². The summed E-state index contributed by atoms with van der Waals surface area (Å²) in [5.41, 5.74) is 2.84. The van der Waals surface area contributed by atoms with E-state index in [1.807, 2.05) is 27.0 Å². The van der Waals surface area contributed by atoms with Crippen molar-refractivity contribution >= 4 is 0 Å². The lowest BCUT2D eigenvalue weighted by Gasteiger charge is -2.21. The fourth-order valence-electron chi connectivity index (χ4n) is 2.22. The minimum atomic E-state index is -0.0856. The maximum absolute atomic E-state index is 14.0. The van der Waals surface area contributed by atoms with E-state index in [1.54, 1.807) is 6.07 Å². The van der Waals surface area contributed by atoms with Crippen LogP contribution in [-0.4, -0.2) is 7.05 Å². The molecule has 1 aromatic carbocycles. The van der Waals surface area contributed by atoms with Crippen molar-refractivity contribution in [3.8, 4) is 0 Å². The van der Waals surface area contributed by atoms with Gasteiger partial charge in [-0.1, -0.05) is 19.9 Å². The molecule has 0 aromatic heterocycles. The van der Waals surface area contributed by atoms with Crippen LogP contribution in [0.15, 0.2) is 12.1 Å². The number of rotatable bonds is 4. The molecule has 0 heterocycles. The van der Waals surface area contributed by atoms with Gasteiger partial charge in [0.2, 0.25) is 0 Å². The number of hydrogen-bond donors (Lipinski definition) is 1. The van der Waals surface area contributed by atoms with Crippen LogP contribution in [0.2, 0.25) is 0 Å². The Morgan fingerprint density at radius 3 is 2.31 bits per heavy atom. The Labute approximate surface area is 98.1 Å². The predicted octanol–water partition coefficient (Wildman–Crippen LogP) is 3.75. The van der Waals surface area contributed by atoms with Crippen LogP contribution in [-0.2, 0) is 0 Å². The van der Waals surface area contributed by atoms with Crippen LogP contribution in [0.4, 0.5) is 4.39 Å². The first-order valence-electron chi connectivity index (χ1n) is 5.89. The fourth-order valence-corrected chi connectivity index (χ4v) is 2.22. The molecular formula is C14H22FN. The number of benzene rings is 1. The van der Waals surface area contributed by atoms with E-state index in [4.69, 9.17) is 0 Å². The van der Waals surface area contributed by atoms with Gasteiger partial charge in [-0.05, 0) is 50.4 Å². The summed E-state index contributed by atoms with van der Waals surface area (Å²) in [7, 11) is 1.89. The summed E-state index contributed by atoms with van der Waals surface area (Å²) in [6.07, 6.45) is 0.956. The first kappa shape index (κ1) is 13.2. The highest BCUT2D eigenvalue weighted by Gasteiger charge is 2.17. The monoisotopic (exact) mass is 223 g/mol. The predicted molar refractivity (Wildman–Crippen MR) is 67.1 cm³/mol. The lowest BCUT2D eigenvalue weighted by Crippen LogP contribution is -2.20. The number of hydrogen-bond acceptors (Lipinski definition) is 1. The van der Waals surface area contributed by atoms with E-state index in [0.29, 0.717) is 5.92 Å². The van der Waals surface area contributed by atoms with Gasteiger partial charge < -0.3 is 5.32 Å². The summed E-state index contributed by atoms with van der Waals surface area (Å²) < 4.78 is 14.0. The molecule has 0 saturated carbocycles. The van der Waals surface area contributed by atoms with Crippen LogP contribution >= 0.6 is 0 Å². The zero-order valence-corrected chi connectivity index (χ0v) is 10.9. The van der Waals surface area contributed by atoms with Crippen molar-refractivity contribution in [3.63, 3.8) is 0 Å². The Balaban J connectivity index is 3.09. The minimum Gasteiger partial charge on any atom is -0.313 e. The molecular weight excluding hydrogens is 201 g/mol. The van der Waals surface area contributed by atoms with Gasteiger partial charge in [0.15, 0.2) is 0 Å². The second-order valence-corrected chi connectivity index (χ2v) is 4.95. The van der Waals surface area contributed by atoms with Crippen molar-refractivity contribution in [2.24, 2.45) is 5.92 Å². The van der Waals surface area contributed by atoms with Gasteiger partial charge in [0.05, 0.1) is 0 Å². The van der Waals surface area contributed by atoms with Crippen LogP contribution in [0.25, 0.3) is 0 Å². The third-order valence-electron chi connectivity index (χ3n) is 2.88. The quantitative estimate of drug-likeness (QED) is 0.819. The normalized spacial score (nSPS) is 13.2. The van der Waals surface area contributed by atoms with Crippen LogP contribution < -0.4 is 5.32 Å². The molecule has 16 heavy (non-hydrogen) atoms. The molecule has 1 nitrogen and oxygen atoms in total. The average molecular weight is 223 g/mol. The molecule has 1 unspecified atom stereocenters. The van der Waals surface area contributed by atoms with Crippen molar-refractivity contribution in [1.29, 1.82) is 0 Å². The second-order valence-electron chi connectivity index (χ2n) is 4.95. The highest BCUT2D eigenvalue weighted by atomic mass is 19.1. The molecule has 0 amide bonds. The molecule has 1 aromatic rings. The third-order valence-corrected chi connectivity index (χ3v) is 2.88. The van der Waals surface area contributed by atoms with Gasteiger partial charge in [-0.15, -0.1) is 0 Å². The molecule has 0 aliphatic carbocycles. The van der Waals surface area contributed by atoms with E-state index in [2.05, 4.69) is 19.2 Å². The van der Waals surface area contributed by atoms with E-state index in [1.165, 1.54) is 0 Å². The maximum atomic E-state index is 14.0. The molecule has 90 valence electrons. The van der Waals surface area contributed by atoms with Gasteiger partial charge in [-0.2, -0.15) is 0 Å². The van der Waals surface area contributed by atoms with Gasteiger partial charge in [-0.3, -0.25) is 0 Å². The lowest BCUT2D eigenvalue weighted by molar-refractivity contribution is 0.438. The molecule has 1 N–H and O–H groups in total. The topological polar surface area (TPSA) is 12.0 Å². The van der Waals surface area contributed by atoms with E-state index < -0.39 is 0 Å². The second kappa shape index (κ2) is 5.44. The SMILES string of the molecule is CNC(CC(C)C)c1c(C)cc(C)cc1F. The van der Waals surface area contributed by atoms with E-state index >= 15 is 0 Å². The molecule has 2 heteroatoms. The van der Waals surface area contributed by atoms with Crippen LogP contribution in [0.5, 0.6) is 0 Å². The molecule has 1 atom stereocenters. The summed E-state index contributed by atoms with van der Waals surface area (Å²) in [6.45, 7) is 8.23. The molecule has 0 spiro atoms. The Hall–Kier alpha value is -0.890. The number of aryl methyl sites for hydroxylation is 2. The molecule has 0 bridgehead atoms. The van der Waals surface area contributed by atoms with Gasteiger partial charge >= 0.3 is 0 Å². The Morgan fingerprint density at radius 2 is 1.88 bits per heavy atom. The van der Waals surface area contributed by atoms with Crippen molar-refractivity contribution in [1.82, 2.24) is 5.32 Å². The summed E-state index contributed by atoms with van der Waals surface area (Å²) >= 11 is 0. The van der Waals surface area contributed by atoms with Crippen molar-refractivity contribution in [2.75, 3.05) is 7.05 Å². The molecule has 0 saturated heterocycles.